The fraction of sp³-hybridized carbons (Fsp3) is 0.409. The molecule has 5 heteroatoms. The number of amides is 1. The molecule has 0 radical (unpaired) electrons. The molecule has 2 rings (SSSR count). The molecule has 2 aromatic carbocycles. The summed E-state index contributed by atoms with van der Waals surface area (Å²) >= 11 is 3.45. The molecule has 27 heavy (non-hydrogen) atoms. The van der Waals surface area contributed by atoms with Gasteiger partial charge in [0.2, 0.25) is 0 Å². The van der Waals surface area contributed by atoms with Crippen molar-refractivity contribution in [3.05, 3.63) is 64.1 Å². The van der Waals surface area contributed by atoms with Gasteiger partial charge in [-0.1, -0.05) is 54.0 Å². The van der Waals surface area contributed by atoms with Crippen LogP contribution < -0.4 is 0 Å². The maximum Gasteiger partial charge on any atom is 0.410 e. The van der Waals surface area contributed by atoms with Gasteiger partial charge in [0.1, 0.15) is 11.4 Å². The Bertz CT molecular complexity index is 660. The van der Waals surface area contributed by atoms with Crippen LogP contribution in [0.4, 0.5) is 4.79 Å². The van der Waals surface area contributed by atoms with Gasteiger partial charge in [0, 0.05) is 24.0 Å². The summed E-state index contributed by atoms with van der Waals surface area (Å²) < 4.78 is 6.45. The summed E-state index contributed by atoms with van der Waals surface area (Å²) in [5, 5.41) is 9.55. The molecular weight excluding hydrogens is 406 g/mol. The van der Waals surface area contributed by atoms with E-state index in [9.17, 15) is 9.90 Å². The Kier molecular flexibility index (Phi) is 8.83. The first kappa shape index (κ1) is 23.0. The molecule has 1 amide bonds. The predicted molar refractivity (Wildman–Crippen MR) is 114 cm³/mol. The third kappa shape index (κ3) is 7.63. The number of benzene rings is 2. The first-order chi connectivity index (χ1) is 12.7. The van der Waals surface area contributed by atoms with Gasteiger partial charge in [-0.3, -0.25) is 0 Å². The molecule has 2 aromatic rings. The highest BCUT2D eigenvalue weighted by molar-refractivity contribution is 9.10. The Morgan fingerprint density at radius 1 is 1.04 bits per heavy atom. The van der Waals surface area contributed by atoms with Gasteiger partial charge in [-0.25, -0.2) is 4.79 Å². The summed E-state index contributed by atoms with van der Waals surface area (Å²) in [6.45, 7) is 10.0. The van der Waals surface area contributed by atoms with E-state index < -0.39 is 5.60 Å². The first-order valence-electron chi connectivity index (χ1n) is 9.14. The van der Waals surface area contributed by atoms with E-state index in [-0.39, 0.29) is 17.8 Å². The predicted octanol–water partition coefficient (Wildman–Crippen LogP) is 6.18. The summed E-state index contributed by atoms with van der Waals surface area (Å²) in [6, 6.07) is 15.1. The van der Waals surface area contributed by atoms with E-state index in [1.807, 2.05) is 71.0 Å². The van der Waals surface area contributed by atoms with E-state index in [4.69, 9.17) is 4.74 Å². The van der Waals surface area contributed by atoms with E-state index >= 15 is 0 Å². The number of likely N-dealkylation sites (N-methyl/N-ethyl adjacent to an activating group) is 1. The third-order valence-electron chi connectivity index (χ3n) is 3.73. The molecule has 0 bridgehead atoms. The van der Waals surface area contributed by atoms with Gasteiger partial charge in [-0.05, 0) is 56.2 Å². The molecule has 0 aliphatic carbocycles. The lowest BCUT2D eigenvalue weighted by atomic mass is 9.91. The van der Waals surface area contributed by atoms with E-state index in [1.165, 1.54) is 0 Å². The maximum absolute atomic E-state index is 12.3. The topological polar surface area (TPSA) is 49.8 Å². The maximum atomic E-state index is 12.3. The average Bonchev–Trinajstić information content (AvgIpc) is 2.61. The van der Waals surface area contributed by atoms with Crippen molar-refractivity contribution >= 4 is 22.0 Å². The number of hydrogen-bond donors (Lipinski definition) is 1. The second-order valence-corrected chi connectivity index (χ2v) is 7.97. The molecule has 0 heterocycles. The van der Waals surface area contributed by atoms with Crippen molar-refractivity contribution < 1.29 is 14.6 Å². The van der Waals surface area contributed by atoms with Crippen LogP contribution in [0.25, 0.3) is 0 Å². The van der Waals surface area contributed by atoms with Crippen LogP contribution in [0.15, 0.2) is 53.0 Å². The Balaban J connectivity index is 0.00000176. The number of ether oxygens (including phenoxy) is 1. The molecule has 0 fully saturated rings. The van der Waals surface area contributed by atoms with Crippen LogP contribution >= 0.6 is 15.9 Å². The van der Waals surface area contributed by atoms with Crippen LogP contribution in [0.1, 0.15) is 51.7 Å². The number of nitrogens with zero attached hydrogens (tertiary/aromatic N) is 1. The number of rotatable bonds is 4. The van der Waals surface area contributed by atoms with Crippen LogP contribution in [0, 0.1) is 0 Å². The number of phenolic OH excluding ortho intramolecular Hbond substituents is 1. The van der Waals surface area contributed by atoms with Crippen LogP contribution in [0.2, 0.25) is 0 Å². The Morgan fingerprint density at radius 3 is 1.93 bits per heavy atom. The normalized spacial score (nSPS) is 11.8. The average molecular weight is 436 g/mol. The minimum Gasteiger partial charge on any atom is -0.508 e. The lowest BCUT2D eigenvalue weighted by Gasteiger charge is -2.28. The monoisotopic (exact) mass is 435 g/mol. The number of aromatic hydroxyl groups is 1. The standard InChI is InChI=1S/C20H24BrNO3.C2H6/c1-20(2,3)25-19(24)22(4)13-18(14-5-9-16(21)10-6-14)15-7-11-17(23)12-8-15;1-2/h5-12,18,23H,13H2,1-4H3;1-2H3. The van der Waals surface area contributed by atoms with Crippen molar-refractivity contribution in [1.82, 2.24) is 4.90 Å². The van der Waals surface area contributed by atoms with Crippen LogP contribution in [-0.2, 0) is 4.74 Å². The van der Waals surface area contributed by atoms with Gasteiger partial charge >= 0.3 is 6.09 Å². The first-order valence-corrected chi connectivity index (χ1v) is 9.93. The Morgan fingerprint density at radius 2 is 1.48 bits per heavy atom. The van der Waals surface area contributed by atoms with E-state index in [0.29, 0.717) is 6.54 Å². The highest BCUT2D eigenvalue weighted by atomic mass is 79.9. The summed E-state index contributed by atoms with van der Waals surface area (Å²) in [5.74, 6) is 0.199. The zero-order valence-corrected chi connectivity index (χ0v) is 18.6. The largest absolute Gasteiger partial charge is 0.508 e. The minimum absolute atomic E-state index is 0.0220. The molecule has 0 aliphatic rings. The molecule has 148 valence electrons. The quantitative estimate of drug-likeness (QED) is 0.623. The van der Waals surface area contributed by atoms with Crippen LogP contribution in [0.3, 0.4) is 0 Å². The number of carbonyl (C=O) groups is 1. The fourth-order valence-electron chi connectivity index (χ4n) is 2.49. The van der Waals surface area contributed by atoms with E-state index in [0.717, 1.165) is 15.6 Å². The van der Waals surface area contributed by atoms with Gasteiger partial charge in [-0.2, -0.15) is 0 Å². The third-order valence-corrected chi connectivity index (χ3v) is 4.26. The lowest BCUT2D eigenvalue weighted by molar-refractivity contribution is 0.0294. The summed E-state index contributed by atoms with van der Waals surface area (Å²) in [4.78, 5) is 13.9. The second-order valence-electron chi connectivity index (χ2n) is 7.06. The van der Waals surface area contributed by atoms with Crippen LogP contribution in [0.5, 0.6) is 5.75 Å². The Labute approximate surface area is 171 Å². The van der Waals surface area contributed by atoms with Gasteiger partial charge < -0.3 is 14.7 Å². The van der Waals surface area contributed by atoms with Crippen molar-refractivity contribution in [2.24, 2.45) is 0 Å². The van der Waals surface area contributed by atoms with Crippen molar-refractivity contribution in [3.8, 4) is 5.75 Å². The van der Waals surface area contributed by atoms with Crippen LogP contribution in [-0.4, -0.2) is 35.3 Å². The van der Waals surface area contributed by atoms with Gasteiger partial charge in [0.25, 0.3) is 0 Å². The molecule has 0 aromatic heterocycles. The van der Waals surface area contributed by atoms with Crippen molar-refractivity contribution in [3.63, 3.8) is 0 Å². The zero-order valence-electron chi connectivity index (χ0n) is 17.0. The van der Waals surface area contributed by atoms with Crippen molar-refractivity contribution in [1.29, 1.82) is 0 Å². The number of carbonyl (C=O) groups excluding carboxylic acids is 1. The number of phenols is 1. The molecule has 0 aliphatic heterocycles. The summed E-state index contributed by atoms with van der Waals surface area (Å²) in [6.07, 6.45) is -0.353. The molecule has 1 N–H and O–H groups in total. The van der Waals surface area contributed by atoms with E-state index in [2.05, 4.69) is 15.9 Å². The van der Waals surface area contributed by atoms with E-state index in [1.54, 1.807) is 24.1 Å². The SMILES string of the molecule is CC.CN(CC(c1ccc(O)cc1)c1ccc(Br)cc1)C(=O)OC(C)(C)C. The molecule has 1 unspecified atom stereocenters. The molecule has 4 nitrogen and oxygen atoms in total. The molecule has 0 saturated carbocycles. The summed E-state index contributed by atoms with van der Waals surface area (Å²) in [5.41, 5.74) is 1.58. The highest BCUT2D eigenvalue weighted by Gasteiger charge is 2.23. The second kappa shape index (κ2) is 10.4. The minimum atomic E-state index is -0.531. The number of hydrogen-bond acceptors (Lipinski definition) is 3. The molecule has 0 saturated heterocycles. The van der Waals surface area contributed by atoms with Crippen molar-refractivity contribution in [2.75, 3.05) is 13.6 Å². The van der Waals surface area contributed by atoms with Gasteiger partial charge in [0.15, 0.2) is 0 Å². The lowest BCUT2D eigenvalue weighted by Crippen LogP contribution is -2.36. The smallest absolute Gasteiger partial charge is 0.410 e. The summed E-state index contributed by atoms with van der Waals surface area (Å²) in [7, 11) is 1.74. The highest BCUT2D eigenvalue weighted by Crippen LogP contribution is 2.28. The molecule has 1 atom stereocenters. The fourth-order valence-corrected chi connectivity index (χ4v) is 2.76. The molecule has 0 spiro atoms. The molecular formula is C22H30BrNO3. The zero-order chi connectivity index (χ0) is 20.6. The van der Waals surface area contributed by atoms with Gasteiger partial charge in [0.05, 0.1) is 0 Å². The Hall–Kier alpha value is -2.01. The van der Waals surface area contributed by atoms with Crippen molar-refractivity contribution in [2.45, 2.75) is 46.1 Å². The van der Waals surface area contributed by atoms with Gasteiger partial charge in [-0.15, -0.1) is 0 Å². The number of halogens is 1.